The summed E-state index contributed by atoms with van der Waals surface area (Å²) in [6, 6.07) is 19.5. The number of azide groups is 1. The zero-order valence-corrected chi connectivity index (χ0v) is 16.6. The number of hydrogen-bond donors (Lipinski definition) is 0. The van der Waals surface area contributed by atoms with Crippen molar-refractivity contribution in [3.8, 4) is 28.3 Å². The zero-order chi connectivity index (χ0) is 21.8. The zero-order valence-electron chi connectivity index (χ0n) is 15.8. The van der Waals surface area contributed by atoms with Gasteiger partial charge in [-0.05, 0) is 65.2 Å². The second-order valence-electron chi connectivity index (χ2n) is 6.38. The van der Waals surface area contributed by atoms with Gasteiger partial charge in [0.25, 0.3) is 0 Å². The van der Waals surface area contributed by atoms with Crippen LogP contribution in [0.25, 0.3) is 27.3 Å². The highest BCUT2D eigenvalue weighted by molar-refractivity contribution is 6.30. The van der Waals surface area contributed by atoms with Crippen LogP contribution in [0.5, 0.6) is 11.5 Å². The molecule has 31 heavy (non-hydrogen) atoms. The lowest BCUT2D eigenvalue weighted by Crippen LogP contribution is -2.21. The average Bonchev–Trinajstić information content (AvgIpc) is 2.78. The van der Waals surface area contributed by atoms with Crippen molar-refractivity contribution in [3.05, 3.63) is 111 Å². The minimum Gasteiger partial charge on any atom is -0.451 e. The minimum absolute atomic E-state index is 0.0414. The predicted molar refractivity (Wildman–Crippen MR) is 116 cm³/mol. The molecule has 4 aromatic rings. The molecular formula is C22H13ClFN5O2. The van der Waals surface area contributed by atoms with Crippen LogP contribution in [0.1, 0.15) is 0 Å². The molecule has 0 spiro atoms. The first-order valence-corrected chi connectivity index (χ1v) is 9.40. The SMILES string of the molecule is [N-]=[N+]=Nc1cnn(-c2ccc(Cl)cc2)c(=O)c1Oc1ccc(-c2ccc(F)cc2)cc1. The Morgan fingerprint density at radius 1 is 0.968 bits per heavy atom. The van der Waals surface area contributed by atoms with E-state index in [0.29, 0.717) is 16.5 Å². The Morgan fingerprint density at radius 3 is 2.19 bits per heavy atom. The van der Waals surface area contributed by atoms with Crippen molar-refractivity contribution in [2.24, 2.45) is 5.11 Å². The van der Waals surface area contributed by atoms with Gasteiger partial charge in [0.2, 0.25) is 5.75 Å². The van der Waals surface area contributed by atoms with E-state index in [-0.39, 0.29) is 17.3 Å². The largest absolute Gasteiger partial charge is 0.451 e. The van der Waals surface area contributed by atoms with Crippen molar-refractivity contribution in [1.29, 1.82) is 0 Å². The van der Waals surface area contributed by atoms with Gasteiger partial charge in [0.05, 0.1) is 11.9 Å². The van der Waals surface area contributed by atoms with Crippen LogP contribution in [-0.4, -0.2) is 9.78 Å². The summed E-state index contributed by atoms with van der Waals surface area (Å²) in [5.74, 6) is -0.132. The minimum atomic E-state index is -0.602. The van der Waals surface area contributed by atoms with Crippen LogP contribution in [-0.2, 0) is 0 Å². The Bertz CT molecular complexity index is 1330. The molecule has 0 radical (unpaired) electrons. The van der Waals surface area contributed by atoms with Crippen molar-refractivity contribution < 1.29 is 9.13 Å². The lowest BCUT2D eigenvalue weighted by Gasteiger charge is -2.11. The monoisotopic (exact) mass is 433 g/mol. The van der Waals surface area contributed by atoms with Gasteiger partial charge in [0.15, 0.2) is 0 Å². The lowest BCUT2D eigenvalue weighted by molar-refractivity contribution is 0.469. The summed E-state index contributed by atoms with van der Waals surface area (Å²) < 4.78 is 20.0. The summed E-state index contributed by atoms with van der Waals surface area (Å²) >= 11 is 5.90. The smallest absolute Gasteiger partial charge is 0.314 e. The van der Waals surface area contributed by atoms with Crippen molar-refractivity contribution in [3.63, 3.8) is 0 Å². The molecule has 9 heteroatoms. The van der Waals surface area contributed by atoms with E-state index in [2.05, 4.69) is 15.1 Å². The summed E-state index contributed by atoms with van der Waals surface area (Å²) in [6.45, 7) is 0. The molecule has 0 saturated heterocycles. The van der Waals surface area contributed by atoms with E-state index in [1.807, 2.05) is 0 Å². The number of aromatic nitrogens is 2. The predicted octanol–water partition coefficient (Wildman–Crippen LogP) is 6.43. The first-order valence-electron chi connectivity index (χ1n) is 9.02. The molecule has 0 aliphatic rings. The van der Waals surface area contributed by atoms with E-state index in [0.717, 1.165) is 15.8 Å². The molecule has 152 valence electrons. The van der Waals surface area contributed by atoms with Crippen LogP contribution < -0.4 is 10.3 Å². The second kappa shape index (κ2) is 8.71. The Balaban J connectivity index is 1.70. The van der Waals surface area contributed by atoms with Gasteiger partial charge in [-0.1, -0.05) is 41.0 Å². The third-order valence-corrected chi connectivity index (χ3v) is 4.64. The summed E-state index contributed by atoms with van der Waals surface area (Å²) in [4.78, 5) is 15.7. The Labute approximate surface area is 180 Å². The fraction of sp³-hybridized carbons (Fsp3) is 0. The Kier molecular flexibility index (Phi) is 5.66. The van der Waals surface area contributed by atoms with Crippen LogP contribution in [0.2, 0.25) is 5.02 Å². The quantitative estimate of drug-likeness (QED) is 0.206. The van der Waals surface area contributed by atoms with Crippen LogP contribution in [0, 0.1) is 5.82 Å². The average molecular weight is 434 g/mol. The molecule has 4 rings (SSSR count). The number of halogens is 2. The normalized spacial score (nSPS) is 10.4. The number of nitrogens with zero attached hydrogens (tertiary/aromatic N) is 5. The topological polar surface area (TPSA) is 92.9 Å². The molecule has 0 bridgehead atoms. The standard InChI is InChI=1S/C22H13ClFN5O2/c23-16-5-9-18(10-6-16)29-22(30)21(20(13-26-29)27-28-25)31-19-11-3-15(4-12-19)14-1-7-17(24)8-2-14/h1-13H. The number of ether oxygens (including phenoxy) is 1. The fourth-order valence-corrected chi connectivity index (χ4v) is 3.01. The molecule has 7 nitrogen and oxygen atoms in total. The molecule has 0 atom stereocenters. The van der Waals surface area contributed by atoms with Crippen LogP contribution in [0.15, 0.2) is 88.9 Å². The van der Waals surface area contributed by atoms with Gasteiger partial charge in [0, 0.05) is 9.93 Å². The maximum atomic E-state index is 13.1. The molecule has 3 aromatic carbocycles. The second-order valence-corrected chi connectivity index (χ2v) is 6.81. The van der Waals surface area contributed by atoms with Crippen molar-refractivity contribution in [1.82, 2.24) is 9.78 Å². The maximum Gasteiger partial charge on any atom is 0.314 e. The summed E-state index contributed by atoms with van der Waals surface area (Å²) in [6.07, 6.45) is 1.25. The van der Waals surface area contributed by atoms with E-state index in [9.17, 15) is 9.18 Å². The van der Waals surface area contributed by atoms with Crippen LogP contribution >= 0.6 is 11.6 Å². The van der Waals surface area contributed by atoms with Gasteiger partial charge < -0.3 is 4.74 Å². The molecule has 0 N–H and O–H groups in total. The molecule has 1 heterocycles. The molecule has 0 fully saturated rings. The van der Waals surface area contributed by atoms with Crippen molar-refractivity contribution >= 4 is 17.3 Å². The number of benzene rings is 3. The first-order chi connectivity index (χ1) is 15.0. The molecule has 1 aromatic heterocycles. The highest BCUT2D eigenvalue weighted by Gasteiger charge is 2.15. The highest BCUT2D eigenvalue weighted by atomic mass is 35.5. The van der Waals surface area contributed by atoms with Gasteiger partial charge in [-0.3, -0.25) is 4.79 Å². The van der Waals surface area contributed by atoms with Crippen LogP contribution in [0.4, 0.5) is 10.1 Å². The highest BCUT2D eigenvalue weighted by Crippen LogP contribution is 2.30. The number of hydrogen-bond acceptors (Lipinski definition) is 4. The van der Waals surface area contributed by atoms with Crippen molar-refractivity contribution in [2.45, 2.75) is 0 Å². The summed E-state index contributed by atoms with van der Waals surface area (Å²) in [5, 5.41) is 8.07. The summed E-state index contributed by atoms with van der Waals surface area (Å²) in [7, 11) is 0. The Morgan fingerprint density at radius 2 is 1.58 bits per heavy atom. The lowest BCUT2D eigenvalue weighted by atomic mass is 10.1. The molecule has 0 aliphatic carbocycles. The van der Waals surface area contributed by atoms with E-state index in [1.165, 1.54) is 18.3 Å². The fourth-order valence-electron chi connectivity index (χ4n) is 2.89. The molecular weight excluding hydrogens is 421 g/mol. The molecule has 0 saturated carbocycles. The third kappa shape index (κ3) is 4.40. The summed E-state index contributed by atoms with van der Waals surface area (Å²) in [5.41, 5.74) is 10.3. The molecule has 0 amide bonds. The Hall–Kier alpha value is -4.13. The third-order valence-electron chi connectivity index (χ3n) is 4.39. The van der Waals surface area contributed by atoms with Gasteiger partial charge in [-0.15, -0.1) is 0 Å². The van der Waals surface area contributed by atoms with E-state index in [1.54, 1.807) is 60.7 Å². The van der Waals surface area contributed by atoms with Crippen molar-refractivity contribution in [2.75, 3.05) is 0 Å². The van der Waals surface area contributed by atoms with Gasteiger partial charge in [0.1, 0.15) is 17.3 Å². The van der Waals surface area contributed by atoms with Gasteiger partial charge in [-0.2, -0.15) is 9.78 Å². The number of rotatable bonds is 5. The maximum absolute atomic E-state index is 13.1. The van der Waals surface area contributed by atoms with Crippen LogP contribution in [0.3, 0.4) is 0 Å². The molecule has 0 aliphatic heterocycles. The van der Waals surface area contributed by atoms with E-state index >= 15 is 0 Å². The van der Waals surface area contributed by atoms with E-state index in [4.69, 9.17) is 21.9 Å². The van der Waals surface area contributed by atoms with E-state index < -0.39 is 5.56 Å². The van der Waals surface area contributed by atoms with Gasteiger partial charge in [-0.25, -0.2) is 4.39 Å². The first kappa shape index (κ1) is 20.2. The van der Waals surface area contributed by atoms with Gasteiger partial charge >= 0.3 is 5.56 Å². The molecule has 0 unspecified atom stereocenters.